The minimum absolute atomic E-state index is 0.257. The minimum Gasteiger partial charge on any atom is -0.357 e. The number of rotatable bonds is 5. The molecule has 1 aliphatic heterocycles. The first kappa shape index (κ1) is 19.0. The van der Waals surface area contributed by atoms with Crippen molar-refractivity contribution in [2.75, 3.05) is 20.6 Å². The van der Waals surface area contributed by atoms with E-state index in [2.05, 4.69) is 41.4 Å². The van der Waals surface area contributed by atoms with E-state index in [1.54, 1.807) is 12.6 Å². The van der Waals surface area contributed by atoms with Crippen molar-refractivity contribution in [2.24, 2.45) is 0 Å². The fourth-order valence-electron chi connectivity index (χ4n) is 3.02. The molecule has 1 unspecified atom stereocenters. The average molecular weight is 441 g/mol. The smallest absolute Gasteiger partial charge is 0.272 e. The van der Waals surface area contributed by atoms with Crippen LogP contribution in [-0.4, -0.2) is 57.9 Å². The van der Waals surface area contributed by atoms with Gasteiger partial charge in [0.15, 0.2) is 10.4 Å². The van der Waals surface area contributed by atoms with E-state index in [-0.39, 0.29) is 11.8 Å². The van der Waals surface area contributed by atoms with Gasteiger partial charge in [-0.25, -0.2) is 9.97 Å². The number of likely N-dealkylation sites (N-methyl/N-ethyl adjacent to an activating group) is 1. The number of halogens is 1. The second-order valence-corrected chi connectivity index (χ2v) is 7.67. The summed E-state index contributed by atoms with van der Waals surface area (Å²) in [6.45, 7) is 2.40. The summed E-state index contributed by atoms with van der Waals surface area (Å²) < 4.78 is 2.66. The van der Waals surface area contributed by atoms with Crippen LogP contribution in [-0.2, 0) is 24.3 Å². The van der Waals surface area contributed by atoms with Crippen LogP contribution in [0, 0.1) is 0 Å². The van der Waals surface area contributed by atoms with Gasteiger partial charge in [-0.1, -0.05) is 0 Å². The highest BCUT2D eigenvalue weighted by molar-refractivity contribution is 9.10. The highest BCUT2D eigenvalue weighted by Gasteiger charge is 2.28. The minimum atomic E-state index is -0.700. The topological polar surface area (TPSA) is 92.1 Å². The zero-order chi connectivity index (χ0) is 18.7. The highest BCUT2D eigenvalue weighted by Crippen LogP contribution is 2.22. The lowest BCUT2D eigenvalue weighted by molar-refractivity contribution is -0.122. The number of amides is 2. The van der Waals surface area contributed by atoms with Crippen LogP contribution in [0.4, 0.5) is 0 Å². The predicted molar refractivity (Wildman–Crippen MR) is 102 cm³/mol. The highest BCUT2D eigenvalue weighted by atomic mass is 79.9. The van der Waals surface area contributed by atoms with E-state index in [0.29, 0.717) is 23.4 Å². The second kappa shape index (κ2) is 8.28. The third-order valence-electron chi connectivity index (χ3n) is 4.35. The van der Waals surface area contributed by atoms with E-state index in [1.807, 2.05) is 17.0 Å². The Morgan fingerprint density at radius 3 is 2.92 bits per heavy atom. The van der Waals surface area contributed by atoms with Crippen molar-refractivity contribution in [2.45, 2.75) is 32.0 Å². The number of fused-ring (bicyclic) bond motifs is 1. The number of carbonyl (C=O) groups is 2. The molecule has 0 radical (unpaired) electrons. The third kappa shape index (κ3) is 4.13. The number of hydrogen-bond donors (Lipinski definition) is 2. The zero-order valence-corrected chi connectivity index (χ0v) is 17.1. The van der Waals surface area contributed by atoms with Gasteiger partial charge in [0.1, 0.15) is 6.04 Å². The van der Waals surface area contributed by atoms with Gasteiger partial charge in [0.05, 0.1) is 16.9 Å². The summed E-state index contributed by atoms with van der Waals surface area (Å²) in [5.41, 5.74) is 3.70. The predicted octanol–water partition coefficient (Wildman–Crippen LogP) is 1.02. The molecule has 26 heavy (non-hydrogen) atoms. The van der Waals surface area contributed by atoms with E-state index >= 15 is 0 Å². The summed E-state index contributed by atoms with van der Waals surface area (Å²) in [6, 6.07) is -0.700. The molecule has 2 aromatic heterocycles. The monoisotopic (exact) mass is 440 g/mol. The van der Waals surface area contributed by atoms with Crippen LogP contribution in [0.1, 0.15) is 28.3 Å². The van der Waals surface area contributed by atoms with Gasteiger partial charge < -0.3 is 20.1 Å². The molecule has 0 aromatic carbocycles. The molecule has 2 amide bonds. The first-order chi connectivity index (χ1) is 12.5. The summed E-state index contributed by atoms with van der Waals surface area (Å²) in [6.07, 6.45) is 1.33. The Morgan fingerprint density at radius 2 is 2.23 bits per heavy atom. The molecule has 1 aliphatic rings. The number of aromatic nitrogens is 3. The molecule has 0 saturated carbocycles. The lowest BCUT2D eigenvalue weighted by atomic mass is 10.1. The molecule has 0 aliphatic carbocycles. The molecule has 0 spiro atoms. The van der Waals surface area contributed by atoms with Crippen molar-refractivity contribution in [1.29, 1.82) is 0 Å². The van der Waals surface area contributed by atoms with Gasteiger partial charge in [-0.2, -0.15) is 0 Å². The summed E-state index contributed by atoms with van der Waals surface area (Å²) in [4.78, 5) is 35.9. The Balaban J connectivity index is 1.82. The molecule has 10 heteroatoms. The summed E-state index contributed by atoms with van der Waals surface area (Å²) >= 11 is 4.91. The lowest BCUT2D eigenvalue weighted by Gasteiger charge is -2.17. The molecule has 3 rings (SSSR count). The van der Waals surface area contributed by atoms with Crippen molar-refractivity contribution in [3.63, 3.8) is 0 Å². The van der Waals surface area contributed by atoms with Crippen LogP contribution >= 0.6 is 27.3 Å². The fourth-order valence-corrected chi connectivity index (χ4v) is 4.16. The van der Waals surface area contributed by atoms with Crippen LogP contribution in [0.2, 0.25) is 0 Å². The number of nitrogens with zero attached hydrogens (tertiary/aromatic N) is 4. The normalized spacial score (nSPS) is 15.8. The van der Waals surface area contributed by atoms with E-state index < -0.39 is 6.04 Å². The van der Waals surface area contributed by atoms with E-state index in [4.69, 9.17) is 0 Å². The maximum absolute atomic E-state index is 12.9. The summed E-state index contributed by atoms with van der Waals surface area (Å²) in [5, 5.41) is 7.29. The van der Waals surface area contributed by atoms with Gasteiger partial charge in [0.2, 0.25) is 5.91 Å². The van der Waals surface area contributed by atoms with E-state index in [1.165, 1.54) is 11.3 Å². The SMILES string of the molecule is CNC(=O)C(Cc1cscn1)NC(=O)c1nc(Br)n2c1CN(C)CCC2. The molecule has 2 aromatic rings. The van der Waals surface area contributed by atoms with Crippen LogP contribution in [0.25, 0.3) is 0 Å². The molecule has 2 N–H and O–H groups in total. The molecule has 0 fully saturated rings. The van der Waals surface area contributed by atoms with Crippen LogP contribution in [0.3, 0.4) is 0 Å². The van der Waals surface area contributed by atoms with Crippen LogP contribution in [0.15, 0.2) is 15.6 Å². The fraction of sp³-hybridized carbons (Fsp3) is 0.500. The number of imidazole rings is 1. The summed E-state index contributed by atoms with van der Waals surface area (Å²) in [5.74, 6) is -0.605. The maximum Gasteiger partial charge on any atom is 0.272 e. The molecule has 0 saturated heterocycles. The first-order valence-corrected chi connectivity index (χ1v) is 10.1. The number of nitrogens with one attached hydrogen (secondary N) is 2. The Morgan fingerprint density at radius 1 is 1.42 bits per heavy atom. The standard InChI is InChI=1S/C16H21BrN6O2S/c1-18-14(24)11(6-10-8-26-9-19-10)20-15(25)13-12-7-22(2)4-3-5-23(12)16(17)21-13/h8-9,11H,3-7H2,1-2H3,(H,18,24)(H,20,25). The van der Waals surface area contributed by atoms with Gasteiger partial charge in [-0.05, 0) is 35.9 Å². The average Bonchev–Trinajstić information content (AvgIpc) is 3.17. The summed E-state index contributed by atoms with van der Waals surface area (Å²) in [7, 11) is 3.57. The van der Waals surface area contributed by atoms with Gasteiger partial charge in [0.25, 0.3) is 5.91 Å². The maximum atomic E-state index is 12.9. The van der Waals surface area contributed by atoms with Gasteiger partial charge in [0, 0.05) is 31.9 Å². The van der Waals surface area contributed by atoms with E-state index in [0.717, 1.165) is 30.9 Å². The zero-order valence-electron chi connectivity index (χ0n) is 14.7. The first-order valence-electron chi connectivity index (χ1n) is 8.32. The molecule has 0 bridgehead atoms. The Hall–Kier alpha value is -1.78. The third-order valence-corrected chi connectivity index (χ3v) is 5.59. The Bertz CT molecular complexity index is 791. The number of hydrogen-bond acceptors (Lipinski definition) is 6. The molecular weight excluding hydrogens is 420 g/mol. The molecule has 1 atom stereocenters. The van der Waals surface area contributed by atoms with Crippen molar-refractivity contribution >= 4 is 39.1 Å². The lowest BCUT2D eigenvalue weighted by Crippen LogP contribution is -2.47. The van der Waals surface area contributed by atoms with Gasteiger partial charge in [-0.3, -0.25) is 9.59 Å². The largest absolute Gasteiger partial charge is 0.357 e. The number of thiazole rings is 1. The Kier molecular flexibility index (Phi) is 6.05. The van der Waals surface area contributed by atoms with Crippen molar-refractivity contribution in [1.82, 2.24) is 30.1 Å². The van der Waals surface area contributed by atoms with Crippen molar-refractivity contribution in [3.8, 4) is 0 Å². The molecule has 3 heterocycles. The second-order valence-electron chi connectivity index (χ2n) is 6.24. The van der Waals surface area contributed by atoms with E-state index in [9.17, 15) is 9.59 Å². The van der Waals surface area contributed by atoms with Gasteiger partial charge >= 0.3 is 0 Å². The molecule has 140 valence electrons. The van der Waals surface area contributed by atoms with Crippen LogP contribution in [0.5, 0.6) is 0 Å². The van der Waals surface area contributed by atoms with Gasteiger partial charge in [-0.15, -0.1) is 11.3 Å². The molecular formula is C16H21BrN6O2S. The number of carbonyl (C=O) groups excluding carboxylic acids is 2. The quantitative estimate of drug-likeness (QED) is 0.723. The van der Waals surface area contributed by atoms with Crippen molar-refractivity contribution < 1.29 is 9.59 Å². The molecule has 8 nitrogen and oxygen atoms in total. The Labute approximate surface area is 164 Å². The van der Waals surface area contributed by atoms with Crippen LogP contribution < -0.4 is 10.6 Å². The van der Waals surface area contributed by atoms with Crippen molar-refractivity contribution in [3.05, 3.63) is 32.7 Å².